The van der Waals surface area contributed by atoms with Crippen molar-refractivity contribution in [2.75, 3.05) is 6.54 Å². The van der Waals surface area contributed by atoms with Gasteiger partial charge >= 0.3 is 5.97 Å². The van der Waals surface area contributed by atoms with Crippen molar-refractivity contribution in [2.45, 2.75) is 24.9 Å². The van der Waals surface area contributed by atoms with Crippen molar-refractivity contribution in [3.63, 3.8) is 0 Å². The van der Waals surface area contributed by atoms with Gasteiger partial charge in [-0.1, -0.05) is 0 Å². The lowest BCUT2D eigenvalue weighted by Gasteiger charge is -2.26. The number of carboxylic acids is 1. The normalized spacial score (nSPS) is 24.2. The second-order valence-corrected chi connectivity index (χ2v) is 2.91. The lowest BCUT2D eigenvalue weighted by molar-refractivity contribution is -0.140. The third-order valence-corrected chi connectivity index (χ3v) is 1.95. The summed E-state index contributed by atoms with van der Waals surface area (Å²) in [5.41, 5.74) is 5.19. The average molecular weight is 172 g/mol. The fourth-order valence-electron chi connectivity index (χ4n) is 1.01. The third kappa shape index (κ3) is 2.02. The molecular formula is C7H12N2O3. The molecule has 0 bridgehead atoms. The summed E-state index contributed by atoms with van der Waals surface area (Å²) in [5.74, 6) is -1.22. The first-order chi connectivity index (χ1) is 5.61. The highest BCUT2D eigenvalue weighted by atomic mass is 16.4. The van der Waals surface area contributed by atoms with E-state index in [1.807, 2.05) is 0 Å². The van der Waals surface area contributed by atoms with Gasteiger partial charge in [-0.3, -0.25) is 9.59 Å². The van der Waals surface area contributed by atoms with E-state index in [0.29, 0.717) is 0 Å². The number of carbonyl (C=O) groups excluding carboxylic acids is 1. The van der Waals surface area contributed by atoms with Gasteiger partial charge in [-0.25, -0.2) is 0 Å². The van der Waals surface area contributed by atoms with Gasteiger partial charge in [0.25, 0.3) is 0 Å². The van der Waals surface area contributed by atoms with Crippen molar-refractivity contribution in [3.8, 4) is 0 Å². The average Bonchev–Trinajstić information content (AvgIpc) is 1.82. The van der Waals surface area contributed by atoms with Crippen LogP contribution in [0.5, 0.6) is 0 Å². The largest absolute Gasteiger partial charge is 0.480 e. The van der Waals surface area contributed by atoms with Crippen LogP contribution in [0.15, 0.2) is 0 Å². The molecular weight excluding hydrogens is 160 g/mol. The van der Waals surface area contributed by atoms with E-state index < -0.39 is 12.0 Å². The summed E-state index contributed by atoms with van der Waals surface area (Å²) in [6.45, 7) is 0.832. The van der Waals surface area contributed by atoms with Crippen LogP contribution in [0.4, 0.5) is 0 Å². The lowest BCUT2D eigenvalue weighted by atomic mass is 9.97. The van der Waals surface area contributed by atoms with Crippen LogP contribution < -0.4 is 11.1 Å². The number of Topliss-reactive ketones (excluding diaryl/α,β-unsaturated/α-hetero) is 1. The van der Waals surface area contributed by atoms with E-state index in [1.165, 1.54) is 0 Å². The molecule has 0 spiro atoms. The van der Waals surface area contributed by atoms with E-state index in [4.69, 9.17) is 10.8 Å². The Morgan fingerprint density at radius 3 is 2.58 bits per heavy atom. The van der Waals surface area contributed by atoms with Crippen LogP contribution in [-0.2, 0) is 9.59 Å². The molecule has 0 radical (unpaired) electrons. The topological polar surface area (TPSA) is 92.4 Å². The van der Waals surface area contributed by atoms with Gasteiger partial charge in [-0.05, 0) is 13.0 Å². The van der Waals surface area contributed by atoms with Gasteiger partial charge in [0, 0.05) is 6.42 Å². The molecule has 1 saturated heterocycles. The Kier molecular flexibility index (Phi) is 2.78. The first-order valence-corrected chi connectivity index (χ1v) is 3.85. The van der Waals surface area contributed by atoms with Crippen LogP contribution in [-0.4, -0.2) is 35.5 Å². The summed E-state index contributed by atoms with van der Waals surface area (Å²) in [6.07, 6.45) is 0.720. The van der Waals surface area contributed by atoms with Gasteiger partial charge in [-0.15, -0.1) is 0 Å². The fraction of sp³-hybridized carbons (Fsp3) is 0.714. The molecule has 1 rings (SSSR count). The molecule has 1 unspecified atom stereocenters. The van der Waals surface area contributed by atoms with Crippen molar-refractivity contribution in [1.82, 2.24) is 5.32 Å². The van der Waals surface area contributed by atoms with Gasteiger partial charge in [0.1, 0.15) is 6.04 Å². The maximum absolute atomic E-state index is 11.1. The zero-order chi connectivity index (χ0) is 9.14. The number of nitrogens with two attached hydrogens (primary N) is 1. The number of hydrogen-bond acceptors (Lipinski definition) is 4. The lowest BCUT2D eigenvalue weighted by Crippen LogP contribution is -2.50. The maximum Gasteiger partial charge on any atom is 0.320 e. The van der Waals surface area contributed by atoms with Crippen molar-refractivity contribution in [3.05, 3.63) is 0 Å². The zero-order valence-corrected chi connectivity index (χ0v) is 6.62. The first-order valence-electron chi connectivity index (χ1n) is 3.85. The Morgan fingerprint density at radius 1 is 1.67 bits per heavy atom. The van der Waals surface area contributed by atoms with Gasteiger partial charge in [0.2, 0.25) is 0 Å². The predicted molar refractivity (Wildman–Crippen MR) is 41.6 cm³/mol. The SMILES string of the molecule is N[C@@H](CC(=O)C1CCN1)C(=O)O. The van der Waals surface area contributed by atoms with E-state index >= 15 is 0 Å². The first kappa shape index (κ1) is 9.15. The summed E-state index contributed by atoms with van der Waals surface area (Å²) in [7, 11) is 0. The molecule has 68 valence electrons. The van der Waals surface area contributed by atoms with E-state index in [0.717, 1.165) is 13.0 Å². The molecule has 0 aromatic heterocycles. The summed E-state index contributed by atoms with van der Waals surface area (Å²) in [4.78, 5) is 21.4. The Labute approximate surface area is 69.9 Å². The second kappa shape index (κ2) is 3.64. The Morgan fingerprint density at radius 2 is 2.25 bits per heavy atom. The highest BCUT2D eigenvalue weighted by molar-refractivity contribution is 5.89. The minimum absolute atomic E-state index is 0.0764. The molecule has 12 heavy (non-hydrogen) atoms. The molecule has 0 saturated carbocycles. The smallest absolute Gasteiger partial charge is 0.320 e. The summed E-state index contributed by atoms with van der Waals surface area (Å²) in [5, 5.41) is 11.3. The van der Waals surface area contributed by atoms with Crippen molar-refractivity contribution >= 4 is 11.8 Å². The number of rotatable bonds is 4. The molecule has 2 atom stereocenters. The molecule has 4 N–H and O–H groups in total. The van der Waals surface area contributed by atoms with Crippen LogP contribution in [0.2, 0.25) is 0 Å². The zero-order valence-electron chi connectivity index (χ0n) is 6.62. The van der Waals surface area contributed by atoms with Crippen LogP contribution >= 0.6 is 0 Å². The molecule has 1 aliphatic heterocycles. The number of hydrogen-bond donors (Lipinski definition) is 3. The van der Waals surface area contributed by atoms with E-state index in [-0.39, 0.29) is 18.2 Å². The Hall–Kier alpha value is -0.940. The van der Waals surface area contributed by atoms with E-state index in [1.54, 1.807) is 0 Å². The number of carboxylic acid groups (broad SMARTS) is 1. The third-order valence-electron chi connectivity index (χ3n) is 1.95. The van der Waals surface area contributed by atoms with Gasteiger partial charge in [0.15, 0.2) is 5.78 Å². The van der Waals surface area contributed by atoms with Crippen LogP contribution in [0.25, 0.3) is 0 Å². The fourth-order valence-corrected chi connectivity index (χ4v) is 1.01. The van der Waals surface area contributed by atoms with Crippen molar-refractivity contribution < 1.29 is 14.7 Å². The number of carbonyl (C=O) groups is 2. The second-order valence-electron chi connectivity index (χ2n) is 2.91. The molecule has 5 heteroatoms. The standard InChI is InChI=1S/C7H12N2O3/c8-4(7(11)12)3-6(10)5-1-2-9-5/h4-5,9H,1-3,8H2,(H,11,12)/t4-,5?/m0/s1. The van der Waals surface area contributed by atoms with Crippen LogP contribution in [0, 0.1) is 0 Å². The minimum atomic E-state index is -1.12. The number of ketones is 1. The monoisotopic (exact) mass is 172 g/mol. The molecule has 0 aromatic carbocycles. The summed E-state index contributed by atoms with van der Waals surface area (Å²) in [6, 6.07) is -1.21. The molecule has 1 aliphatic rings. The molecule has 0 amide bonds. The quantitative estimate of drug-likeness (QED) is 0.491. The molecule has 0 aliphatic carbocycles. The Bertz CT molecular complexity index is 201. The van der Waals surface area contributed by atoms with Gasteiger partial charge < -0.3 is 16.2 Å². The summed E-state index contributed by atoms with van der Waals surface area (Å²) < 4.78 is 0. The number of aliphatic carboxylic acids is 1. The van der Waals surface area contributed by atoms with Gasteiger partial charge in [-0.2, -0.15) is 0 Å². The van der Waals surface area contributed by atoms with Gasteiger partial charge in [0.05, 0.1) is 6.04 Å². The highest BCUT2D eigenvalue weighted by Gasteiger charge is 2.27. The van der Waals surface area contributed by atoms with Crippen LogP contribution in [0.3, 0.4) is 0 Å². The predicted octanol–water partition coefficient (Wildman–Crippen LogP) is -1.28. The highest BCUT2D eigenvalue weighted by Crippen LogP contribution is 2.06. The molecule has 1 heterocycles. The van der Waals surface area contributed by atoms with E-state index in [9.17, 15) is 9.59 Å². The number of nitrogens with one attached hydrogen (secondary N) is 1. The van der Waals surface area contributed by atoms with Crippen molar-refractivity contribution in [2.24, 2.45) is 5.73 Å². The maximum atomic E-state index is 11.1. The molecule has 5 nitrogen and oxygen atoms in total. The molecule has 0 aromatic rings. The van der Waals surface area contributed by atoms with E-state index in [2.05, 4.69) is 5.32 Å². The van der Waals surface area contributed by atoms with Crippen LogP contribution in [0.1, 0.15) is 12.8 Å². The Balaban J connectivity index is 2.29. The minimum Gasteiger partial charge on any atom is -0.480 e. The molecule has 1 fully saturated rings. The summed E-state index contributed by atoms with van der Waals surface area (Å²) >= 11 is 0. The van der Waals surface area contributed by atoms with Crippen molar-refractivity contribution in [1.29, 1.82) is 0 Å².